The molecule has 2 aliphatic carbocycles. The molecule has 0 saturated carbocycles. The van der Waals surface area contributed by atoms with Gasteiger partial charge in [0.15, 0.2) is 9.49 Å². The van der Waals surface area contributed by atoms with E-state index < -0.39 is 110 Å². The second kappa shape index (κ2) is 13.0. The second-order valence-electron chi connectivity index (χ2n) is 12.8. The minimum atomic E-state index is -5.80. The molecule has 0 spiro atoms. The average molecular weight is 823 g/mol. The van der Waals surface area contributed by atoms with E-state index in [2.05, 4.69) is 21.3 Å². The first kappa shape index (κ1) is 37.4. The minimum absolute atomic E-state index is 0.244. The Bertz CT molecular complexity index is 2550. The van der Waals surface area contributed by atoms with Gasteiger partial charge in [0.05, 0.1) is 34.6 Å². The molecule has 4 atom stereocenters. The number of nitrogens with one attached hydrogen (secondary N) is 2. The molecule has 0 aliphatic heterocycles. The molecule has 0 saturated heterocycles. The highest BCUT2D eigenvalue weighted by molar-refractivity contribution is 7.87. The topological polar surface area (TPSA) is 285 Å². The van der Waals surface area contributed by atoms with Crippen molar-refractivity contribution in [2.24, 2.45) is 33.2 Å². The summed E-state index contributed by atoms with van der Waals surface area (Å²) in [6.45, 7) is 0. The van der Waals surface area contributed by atoms with Crippen molar-refractivity contribution >= 4 is 31.6 Å². The van der Waals surface area contributed by atoms with Gasteiger partial charge in [0, 0.05) is 11.1 Å². The van der Waals surface area contributed by atoms with Crippen molar-refractivity contribution in [1.82, 2.24) is 0 Å². The van der Waals surface area contributed by atoms with Crippen LogP contribution in [0.5, 0.6) is 0 Å². The van der Waals surface area contributed by atoms with Crippen LogP contribution in [0.3, 0.4) is 0 Å². The van der Waals surface area contributed by atoms with Gasteiger partial charge in [0.2, 0.25) is 2.82 Å². The van der Waals surface area contributed by atoms with Crippen LogP contribution in [-0.2, 0) is 42.1 Å². The Morgan fingerprint density at radius 1 is 0.607 bits per heavy atom. The molecule has 4 unspecified atom stereocenters. The maximum atomic E-state index is 15.2. The largest absolute Gasteiger partial charge is 0.416 e. The number of halogens is 6. The molecule has 22 heteroatoms. The van der Waals surface area contributed by atoms with E-state index in [0.717, 1.165) is 24.3 Å². The molecule has 0 bridgehead atoms. The third-order valence-corrected chi connectivity index (χ3v) is 13.1. The first-order valence-electron chi connectivity index (χ1n) is 16.6. The number of nitrogens with two attached hydrogens (primary N) is 4. The van der Waals surface area contributed by atoms with E-state index in [1.807, 2.05) is 0 Å². The Hall–Kier alpha value is -5.52. The zero-order valence-electron chi connectivity index (χ0n) is 29.9. The smallest absolute Gasteiger partial charge is 0.397 e. The Morgan fingerprint density at radius 2 is 0.946 bits per heavy atom. The fourth-order valence-electron chi connectivity index (χ4n) is 7.71. The first-order valence-corrected chi connectivity index (χ1v) is 18.6. The standard InChI is InChI=1S/C34H28F6N8O6S2/c35-33(36,37)23-13-15(9-11-21(23)31(55(49,50)51)19-7-3-1-5-17(19)25(41)27(47-45)29(31)43)16-10-12-22(24(14-16)34(38,39)40)32(56(52,53)54)20-8-4-2-6-18(20)26(42)28(48-46)30(32)44/h1-14,29-30,45-46H,41-44H2,(H,49,50,51)(H,52,53,54)/b47-45+,48-46+. The summed E-state index contributed by atoms with van der Waals surface area (Å²) >= 11 is 0. The van der Waals surface area contributed by atoms with Gasteiger partial charge in [-0.05, 0) is 45.5 Å². The van der Waals surface area contributed by atoms with Crippen LogP contribution < -0.4 is 22.9 Å². The van der Waals surface area contributed by atoms with Crippen molar-refractivity contribution in [3.63, 3.8) is 0 Å². The van der Waals surface area contributed by atoms with Crippen LogP contribution in [0.15, 0.2) is 107 Å². The Labute approximate surface area is 316 Å². The van der Waals surface area contributed by atoms with Crippen LogP contribution in [0.25, 0.3) is 22.5 Å². The van der Waals surface area contributed by atoms with Gasteiger partial charge in [-0.25, -0.2) is 11.0 Å². The highest BCUT2D eigenvalue weighted by Crippen LogP contribution is 2.54. The number of fused-ring (bicyclic) bond motifs is 2. The molecule has 6 rings (SSSR count). The zero-order valence-corrected chi connectivity index (χ0v) is 29.6. The summed E-state index contributed by atoms with van der Waals surface area (Å²) in [4.78, 5) is 0. The average Bonchev–Trinajstić information content (AvgIpc) is 3.14. The molecule has 0 amide bonds. The minimum Gasteiger partial charge on any atom is -0.397 e. The monoisotopic (exact) mass is 822 g/mol. The van der Waals surface area contributed by atoms with Gasteiger partial charge in [-0.3, -0.25) is 9.11 Å². The lowest BCUT2D eigenvalue weighted by atomic mass is 9.73. The number of rotatable bonds is 7. The van der Waals surface area contributed by atoms with Crippen molar-refractivity contribution in [2.45, 2.75) is 33.9 Å². The van der Waals surface area contributed by atoms with Crippen LogP contribution in [-0.4, -0.2) is 38.0 Å². The van der Waals surface area contributed by atoms with Gasteiger partial charge in [-0.15, -0.1) is 0 Å². The summed E-state index contributed by atoms with van der Waals surface area (Å²) in [5, 5.41) is 6.87. The summed E-state index contributed by atoms with van der Waals surface area (Å²) < 4.78 is 175. The van der Waals surface area contributed by atoms with E-state index in [4.69, 9.17) is 25.8 Å². The fraction of sp³-hybridized carbons (Fsp3) is 0.176. The Kier molecular flexibility index (Phi) is 8.70. The third-order valence-electron chi connectivity index (χ3n) is 10.1. The number of hydrogen-bond acceptors (Lipinski definition) is 12. The molecular formula is C34H28F6N8O6S2. The van der Waals surface area contributed by atoms with Crippen molar-refractivity contribution in [3.05, 3.63) is 141 Å². The van der Waals surface area contributed by atoms with Gasteiger partial charge in [-0.2, -0.15) is 53.4 Å². The zero-order chi connectivity index (χ0) is 43.0. The van der Waals surface area contributed by atoms with E-state index in [9.17, 15) is 25.9 Å². The quantitative estimate of drug-likeness (QED) is 0.0644. The molecule has 0 fully saturated rings. The van der Waals surface area contributed by atoms with Crippen LogP contribution in [0.2, 0.25) is 2.82 Å². The first-order chi connectivity index (χ1) is 26.9. The molecule has 0 radical (unpaired) electrons. The molecule has 4 aromatic carbocycles. The maximum Gasteiger partial charge on any atom is 0.416 e. The van der Waals surface area contributed by atoms with Crippen LogP contribution >= 0.6 is 0 Å². The van der Waals surface area contributed by atoms with Crippen LogP contribution in [0, 0.1) is 11.0 Å². The van der Waals surface area contributed by atoms with E-state index in [0.29, 0.717) is 12.1 Å². The van der Waals surface area contributed by atoms with E-state index in [1.54, 1.807) is 0 Å². The Morgan fingerprint density at radius 3 is 1.25 bits per heavy atom. The molecule has 14 nitrogen and oxygen atoms in total. The SMILES string of the molecule is [H]/N=N/C1=C(N)c2ccccc2C(c2ccc(-c3ccc(C4(S(=O)(=O)O)c5ccccc5C(N)=C(/N=N/[H])C4N)c(C(F)(F)F)c3)cc2C(F)(F)F)(S(=O)(=O)O)C1N. The van der Waals surface area contributed by atoms with Crippen molar-refractivity contribution < 1.29 is 55.1 Å². The lowest BCUT2D eigenvalue weighted by Gasteiger charge is -2.42. The molecule has 4 aromatic rings. The molecule has 12 N–H and O–H groups in total. The number of nitrogens with zero attached hydrogens (tertiary/aromatic N) is 2. The van der Waals surface area contributed by atoms with E-state index in [1.165, 1.54) is 36.4 Å². The van der Waals surface area contributed by atoms with E-state index in [-0.39, 0.29) is 34.7 Å². The summed E-state index contributed by atoms with van der Waals surface area (Å²) in [5.74, 6) is 0. The molecular weight excluding hydrogens is 795 g/mol. The predicted octanol–water partition coefficient (Wildman–Crippen LogP) is 5.65. The summed E-state index contributed by atoms with van der Waals surface area (Å²) in [5.41, 5.74) is 19.5. The van der Waals surface area contributed by atoms with Gasteiger partial charge in [0.1, 0.15) is 11.4 Å². The molecule has 0 heterocycles. The van der Waals surface area contributed by atoms with Crippen LogP contribution in [0.1, 0.15) is 44.5 Å². The number of alkyl halides is 6. The summed E-state index contributed by atoms with van der Waals surface area (Å²) in [7, 11) is -11.6. The second-order valence-corrected chi connectivity index (χ2v) is 16.0. The van der Waals surface area contributed by atoms with Gasteiger partial charge in [0.25, 0.3) is 20.2 Å². The van der Waals surface area contributed by atoms with Crippen molar-refractivity contribution in [2.75, 3.05) is 0 Å². The molecule has 56 heavy (non-hydrogen) atoms. The van der Waals surface area contributed by atoms with Gasteiger partial charge >= 0.3 is 12.4 Å². The molecule has 2 aliphatic rings. The maximum absolute atomic E-state index is 15.2. The van der Waals surface area contributed by atoms with Gasteiger partial charge in [-0.1, -0.05) is 72.8 Å². The van der Waals surface area contributed by atoms with Crippen molar-refractivity contribution in [3.8, 4) is 11.1 Å². The molecule has 0 aromatic heterocycles. The summed E-state index contributed by atoms with van der Waals surface area (Å²) in [6, 6.07) is 8.35. The van der Waals surface area contributed by atoms with Crippen molar-refractivity contribution in [1.29, 1.82) is 11.0 Å². The Balaban J connectivity index is 1.68. The van der Waals surface area contributed by atoms with Crippen LogP contribution in [0.4, 0.5) is 26.3 Å². The van der Waals surface area contributed by atoms with Gasteiger partial charge < -0.3 is 22.9 Å². The fourth-order valence-corrected chi connectivity index (χ4v) is 10.4. The predicted molar refractivity (Wildman–Crippen MR) is 188 cm³/mol. The lowest BCUT2D eigenvalue weighted by molar-refractivity contribution is -0.139. The molecule has 294 valence electrons. The third kappa shape index (κ3) is 5.54. The highest BCUT2D eigenvalue weighted by Gasteiger charge is 2.61. The normalized spacial score (nSPS) is 24.0. The lowest BCUT2D eigenvalue weighted by Crippen LogP contribution is -2.56. The number of benzene rings is 4. The summed E-state index contributed by atoms with van der Waals surface area (Å²) in [6.07, 6.45) is -11.0. The number of hydrogen-bond donors (Lipinski definition) is 8. The highest BCUT2D eigenvalue weighted by atomic mass is 32.2. The van der Waals surface area contributed by atoms with E-state index >= 15 is 26.3 Å².